The molecule has 5 amide bonds. The zero-order valence-corrected chi connectivity index (χ0v) is 27.7. The van der Waals surface area contributed by atoms with Crippen LogP contribution < -0.4 is 21.7 Å². The Morgan fingerprint density at radius 2 is 1.45 bits per heavy atom. The predicted octanol–water partition coefficient (Wildman–Crippen LogP) is 3.09. The standard InChI is InChI=1S/C33H55N5O6/c1-18(2)22-15-16-38(25(22)30(42)35-23(17-20-13-14-20)27(40)29(34)41)31(43)28(33(5,6)7)37-32(44)36-24(26(39)19(3)4)21-11-9-8-10-12-21/h18-25,28H,8-17H2,1-7H3,(H2,34,41)(H,35,42)(H2,36,37,44)/t22-,23?,24+,25+,28-/m1/s1. The van der Waals surface area contributed by atoms with Crippen molar-refractivity contribution in [3.8, 4) is 0 Å². The van der Waals surface area contributed by atoms with Gasteiger partial charge in [0.15, 0.2) is 5.78 Å². The largest absolute Gasteiger partial charge is 0.363 e. The van der Waals surface area contributed by atoms with Crippen LogP contribution in [0.2, 0.25) is 0 Å². The molecule has 3 fully saturated rings. The lowest BCUT2D eigenvalue weighted by Gasteiger charge is -2.37. The van der Waals surface area contributed by atoms with Crippen LogP contribution in [0.3, 0.4) is 0 Å². The summed E-state index contributed by atoms with van der Waals surface area (Å²) in [7, 11) is 0. The molecule has 248 valence electrons. The molecule has 1 saturated heterocycles. The van der Waals surface area contributed by atoms with Crippen LogP contribution in [0.15, 0.2) is 0 Å². The monoisotopic (exact) mass is 617 g/mol. The first-order valence-corrected chi connectivity index (χ1v) is 16.6. The lowest BCUT2D eigenvalue weighted by molar-refractivity contribution is -0.144. The van der Waals surface area contributed by atoms with Crippen molar-refractivity contribution < 1.29 is 28.8 Å². The highest BCUT2D eigenvalue weighted by molar-refractivity contribution is 6.37. The molecule has 1 unspecified atom stereocenters. The maximum Gasteiger partial charge on any atom is 0.316 e. The van der Waals surface area contributed by atoms with Crippen LogP contribution in [0, 0.1) is 35.0 Å². The minimum Gasteiger partial charge on any atom is -0.363 e. The highest BCUT2D eigenvalue weighted by Crippen LogP contribution is 2.36. The summed E-state index contributed by atoms with van der Waals surface area (Å²) in [4.78, 5) is 80.5. The number of Topliss-reactive ketones (excluding diaryl/α,β-unsaturated/α-hetero) is 2. The summed E-state index contributed by atoms with van der Waals surface area (Å²) in [5.41, 5.74) is 4.57. The van der Waals surface area contributed by atoms with Gasteiger partial charge < -0.3 is 26.6 Å². The van der Waals surface area contributed by atoms with E-state index in [1.807, 2.05) is 48.5 Å². The Kier molecular flexibility index (Phi) is 12.0. The minimum atomic E-state index is -1.10. The van der Waals surface area contributed by atoms with Crippen LogP contribution in [0.4, 0.5) is 4.79 Å². The van der Waals surface area contributed by atoms with Crippen LogP contribution >= 0.6 is 0 Å². The fourth-order valence-electron chi connectivity index (χ4n) is 6.82. The Balaban J connectivity index is 1.82. The van der Waals surface area contributed by atoms with Gasteiger partial charge in [-0.2, -0.15) is 0 Å². The van der Waals surface area contributed by atoms with Gasteiger partial charge in [0.2, 0.25) is 17.6 Å². The number of nitrogens with zero attached hydrogens (tertiary/aromatic N) is 1. The first-order valence-electron chi connectivity index (χ1n) is 16.6. The number of nitrogens with two attached hydrogens (primary N) is 1. The first kappa shape index (κ1) is 35.5. The van der Waals surface area contributed by atoms with Gasteiger partial charge in [-0.15, -0.1) is 0 Å². The number of carbonyl (C=O) groups is 6. The molecule has 11 nitrogen and oxygen atoms in total. The fraction of sp³-hybridized carbons (Fsp3) is 0.818. The summed E-state index contributed by atoms with van der Waals surface area (Å²) in [6, 6.07) is -4.11. The third kappa shape index (κ3) is 9.03. The lowest BCUT2D eigenvalue weighted by atomic mass is 9.80. The number of rotatable bonds is 13. The Hall–Kier alpha value is -2.98. The molecule has 0 bridgehead atoms. The highest BCUT2D eigenvalue weighted by Gasteiger charge is 2.48. The van der Waals surface area contributed by atoms with Gasteiger partial charge in [0.05, 0.1) is 12.1 Å². The number of primary amides is 1. The van der Waals surface area contributed by atoms with Crippen molar-refractivity contribution >= 4 is 35.3 Å². The van der Waals surface area contributed by atoms with Crippen molar-refractivity contribution in [2.45, 2.75) is 130 Å². The molecule has 2 saturated carbocycles. The van der Waals surface area contributed by atoms with Crippen molar-refractivity contribution in [1.82, 2.24) is 20.9 Å². The number of nitrogens with one attached hydrogen (secondary N) is 3. The molecule has 11 heteroatoms. The van der Waals surface area contributed by atoms with Crippen LogP contribution in [-0.2, 0) is 24.0 Å². The van der Waals surface area contributed by atoms with E-state index in [1.54, 1.807) is 0 Å². The lowest BCUT2D eigenvalue weighted by Crippen LogP contribution is -2.62. The van der Waals surface area contributed by atoms with E-state index >= 15 is 0 Å². The summed E-state index contributed by atoms with van der Waals surface area (Å²) in [5.74, 6) is -2.92. The van der Waals surface area contributed by atoms with E-state index in [0.717, 1.165) is 44.9 Å². The van der Waals surface area contributed by atoms with Crippen molar-refractivity contribution in [1.29, 1.82) is 0 Å². The van der Waals surface area contributed by atoms with Gasteiger partial charge in [0.25, 0.3) is 5.91 Å². The molecule has 5 atom stereocenters. The van der Waals surface area contributed by atoms with Crippen molar-refractivity contribution in [3.05, 3.63) is 0 Å². The van der Waals surface area contributed by atoms with Crippen molar-refractivity contribution in [2.75, 3.05) is 6.54 Å². The smallest absolute Gasteiger partial charge is 0.316 e. The van der Waals surface area contributed by atoms with Gasteiger partial charge in [0, 0.05) is 12.5 Å². The number of hydrogen-bond donors (Lipinski definition) is 4. The first-order chi connectivity index (χ1) is 20.5. The Bertz CT molecular complexity index is 1090. The molecular weight excluding hydrogens is 562 g/mol. The number of amides is 5. The molecule has 0 aromatic carbocycles. The quantitative estimate of drug-likeness (QED) is 0.232. The zero-order chi connectivity index (χ0) is 32.9. The van der Waals surface area contributed by atoms with Crippen LogP contribution in [0.5, 0.6) is 0 Å². The van der Waals surface area contributed by atoms with Gasteiger partial charge in [-0.05, 0) is 54.8 Å². The summed E-state index contributed by atoms with van der Waals surface area (Å²) in [6.45, 7) is 13.5. The van der Waals surface area contributed by atoms with Crippen LogP contribution in [0.25, 0.3) is 0 Å². The molecule has 3 aliphatic rings. The molecule has 0 radical (unpaired) electrons. The van der Waals surface area contributed by atoms with Crippen molar-refractivity contribution in [3.63, 3.8) is 0 Å². The van der Waals surface area contributed by atoms with Crippen LogP contribution in [0.1, 0.15) is 106 Å². The molecular formula is C33H55N5O6. The number of hydrogen-bond acceptors (Lipinski definition) is 6. The summed E-state index contributed by atoms with van der Waals surface area (Å²) in [6.07, 6.45) is 7.64. The van der Waals surface area contributed by atoms with E-state index in [-0.39, 0.29) is 35.4 Å². The third-order valence-electron chi connectivity index (χ3n) is 9.67. The van der Waals surface area contributed by atoms with Gasteiger partial charge in [0.1, 0.15) is 12.1 Å². The van der Waals surface area contributed by atoms with E-state index in [1.165, 1.54) is 4.90 Å². The maximum atomic E-state index is 14.3. The van der Waals surface area contributed by atoms with E-state index in [0.29, 0.717) is 19.4 Å². The zero-order valence-electron chi connectivity index (χ0n) is 27.7. The number of ketones is 2. The third-order valence-corrected chi connectivity index (χ3v) is 9.67. The molecule has 44 heavy (non-hydrogen) atoms. The normalized spacial score (nSPS) is 23.2. The summed E-state index contributed by atoms with van der Waals surface area (Å²) in [5, 5.41) is 8.55. The maximum absolute atomic E-state index is 14.3. The fourth-order valence-corrected chi connectivity index (χ4v) is 6.82. The van der Waals surface area contributed by atoms with E-state index in [9.17, 15) is 28.8 Å². The molecule has 0 aromatic rings. The highest BCUT2D eigenvalue weighted by atomic mass is 16.2. The molecule has 0 aromatic heterocycles. The molecule has 5 N–H and O–H groups in total. The Labute approximate surface area is 262 Å². The number of urea groups is 1. The molecule has 1 aliphatic heterocycles. The molecule has 3 rings (SSSR count). The summed E-state index contributed by atoms with van der Waals surface area (Å²) >= 11 is 0. The van der Waals surface area contributed by atoms with Gasteiger partial charge in [-0.3, -0.25) is 24.0 Å². The van der Waals surface area contributed by atoms with Gasteiger partial charge in [-0.1, -0.05) is 80.6 Å². The number of likely N-dealkylation sites (tertiary alicyclic amines) is 1. The second-order valence-electron chi connectivity index (χ2n) is 15.0. The van der Waals surface area contributed by atoms with E-state index < -0.39 is 59.1 Å². The van der Waals surface area contributed by atoms with Crippen LogP contribution in [-0.4, -0.2) is 70.9 Å². The van der Waals surface area contributed by atoms with E-state index in [4.69, 9.17) is 5.73 Å². The summed E-state index contributed by atoms with van der Waals surface area (Å²) < 4.78 is 0. The Morgan fingerprint density at radius 1 is 0.841 bits per heavy atom. The van der Waals surface area contributed by atoms with Crippen molar-refractivity contribution in [2.24, 2.45) is 40.7 Å². The molecule has 1 heterocycles. The van der Waals surface area contributed by atoms with Gasteiger partial charge in [-0.25, -0.2) is 4.79 Å². The minimum absolute atomic E-state index is 0.0204. The topological polar surface area (TPSA) is 168 Å². The van der Waals surface area contributed by atoms with Gasteiger partial charge >= 0.3 is 6.03 Å². The second kappa shape index (κ2) is 14.9. The SMILES string of the molecule is CC(C)C(=O)[C@@H](NC(=O)N[C@H](C(=O)N1CC[C@H](C(C)C)[C@H]1C(=O)NC(CC1CC1)C(=O)C(N)=O)C(C)(C)C)C1CCCCC1. The Morgan fingerprint density at radius 3 is 1.95 bits per heavy atom. The average molecular weight is 618 g/mol. The second-order valence-corrected chi connectivity index (χ2v) is 15.0. The molecule has 2 aliphatic carbocycles. The number of carbonyl (C=O) groups excluding carboxylic acids is 6. The predicted molar refractivity (Wildman–Crippen MR) is 167 cm³/mol. The molecule has 0 spiro atoms. The average Bonchev–Trinajstić information content (AvgIpc) is 3.65. The van der Waals surface area contributed by atoms with E-state index in [2.05, 4.69) is 16.0 Å².